The van der Waals surface area contributed by atoms with Crippen molar-refractivity contribution < 1.29 is 9.72 Å². The van der Waals surface area contributed by atoms with Crippen LogP contribution in [0.2, 0.25) is 0 Å². The molecule has 1 atom stereocenters. The molecule has 0 radical (unpaired) electrons. The van der Waals surface area contributed by atoms with Crippen LogP contribution in [0.3, 0.4) is 0 Å². The molecule has 7 nitrogen and oxygen atoms in total. The number of aryl methyl sites for hydroxylation is 3. The zero-order valence-electron chi connectivity index (χ0n) is 19.4. The Kier molecular flexibility index (Phi) is 5.41. The fourth-order valence-electron chi connectivity index (χ4n) is 4.98. The van der Waals surface area contributed by atoms with E-state index < -0.39 is 10.8 Å². The van der Waals surface area contributed by atoms with Crippen molar-refractivity contribution in [2.45, 2.75) is 53.4 Å². The average Bonchev–Trinajstić information content (AvgIpc) is 3.04. The van der Waals surface area contributed by atoms with E-state index in [-0.39, 0.29) is 22.7 Å². The topological polar surface area (TPSA) is 113 Å². The lowest BCUT2D eigenvalue weighted by atomic mass is 9.68. The van der Waals surface area contributed by atoms with Gasteiger partial charge in [0.05, 0.1) is 28.2 Å². The highest BCUT2D eigenvalue weighted by molar-refractivity contribution is 7.12. The highest BCUT2D eigenvalue weighted by Gasteiger charge is 2.45. The molecule has 170 valence electrons. The first kappa shape index (κ1) is 22.7. The van der Waals surface area contributed by atoms with Crippen molar-refractivity contribution in [1.29, 1.82) is 5.26 Å². The first-order valence-electron chi connectivity index (χ1n) is 10.7. The summed E-state index contributed by atoms with van der Waals surface area (Å²) in [5, 5.41) is 21.7. The van der Waals surface area contributed by atoms with E-state index in [0.717, 1.165) is 26.6 Å². The minimum absolute atomic E-state index is 0.0113. The standard InChI is InChI=1S/C25H26N4O3S/c1-13-6-7-16(29(31)32)9-19(13)28-20-10-25(4,5)11-21(30)23(20)22(18(12-26)24(28)27)17-8-14(2)33-15(17)3/h6-9,22H,10-11,27H2,1-5H3. The van der Waals surface area contributed by atoms with Gasteiger partial charge < -0.3 is 5.73 Å². The van der Waals surface area contributed by atoms with Crippen molar-refractivity contribution in [3.8, 4) is 6.07 Å². The van der Waals surface area contributed by atoms with Crippen LogP contribution >= 0.6 is 11.3 Å². The number of nitro benzene ring substituents is 1. The fourth-order valence-corrected chi connectivity index (χ4v) is 5.95. The fraction of sp³-hybridized carbons (Fsp3) is 0.360. The number of benzene rings is 1. The predicted octanol–water partition coefficient (Wildman–Crippen LogP) is 5.52. The van der Waals surface area contributed by atoms with Gasteiger partial charge in [0.2, 0.25) is 0 Å². The van der Waals surface area contributed by atoms with E-state index in [0.29, 0.717) is 29.7 Å². The quantitative estimate of drug-likeness (QED) is 0.474. The molecule has 1 unspecified atom stereocenters. The third-order valence-corrected chi connectivity index (χ3v) is 7.40. The maximum Gasteiger partial charge on any atom is 0.271 e. The Morgan fingerprint density at radius 1 is 1.24 bits per heavy atom. The van der Waals surface area contributed by atoms with Crippen LogP contribution in [0.25, 0.3) is 0 Å². The number of rotatable bonds is 3. The van der Waals surface area contributed by atoms with Crippen molar-refractivity contribution in [2.75, 3.05) is 4.90 Å². The van der Waals surface area contributed by atoms with Crippen molar-refractivity contribution >= 4 is 28.5 Å². The maximum absolute atomic E-state index is 13.6. The second kappa shape index (κ2) is 7.85. The largest absolute Gasteiger partial charge is 0.384 e. The molecule has 33 heavy (non-hydrogen) atoms. The number of anilines is 1. The third-order valence-electron chi connectivity index (χ3n) is 6.42. The number of allylic oxidation sites excluding steroid dienone is 3. The van der Waals surface area contributed by atoms with E-state index in [4.69, 9.17) is 5.73 Å². The van der Waals surface area contributed by atoms with Gasteiger partial charge in [-0.05, 0) is 49.8 Å². The van der Waals surface area contributed by atoms with Gasteiger partial charge >= 0.3 is 0 Å². The highest BCUT2D eigenvalue weighted by Crippen LogP contribution is 2.51. The normalized spacial score (nSPS) is 20.1. The van der Waals surface area contributed by atoms with E-state index in [2.05, 4.69) is 6.07 Å². The van der Waals surface area contributed by atoms with Crippen LogP contribution in [-0.2, 0) is 4.79 Å². The molecular formula is C25H26N4O3S. The number of Topliss-reactive ketones (excluding diaryl/α,β-unsaturated/α-hetero) is 1. The number of nitrogens with two attached hydrogens (primary N) is 1. The average molecular weight is 463 g/mol. The molecule has 0 saturated heterocycles. The van der Waals surface area contributed by atoms with Crippen LogP contribution in [0.15, 0.2) is 46.9 Å². The number of nitrogens with zero attached hydrogens (tertiary/aromatic N) is 3. The van der Waals surface area contributed by atoms with Crippen LogP contribution in [0, 0.1) is 47.6 Å². The molecule has 0 amide bonds. The van der Waals surface area contributed by atoms with E-state index >= 15 is 0 Å². The Bertz CT molecular complexity index is 1310. The molecule has 1 aliphatic heterocycles. The van der Waals surface area contributed by atoms with Crippen molar-refractivity contribution in [3.63, 3.8) is 0 Å². The van der Waals surface area contributed by atoms with Crippen molar-refractivity contribution in [3.05, 3.63) is 77.9 Å². The Morgan fingerprint density at radius 3 is 2.52 bits per heavy atom. The van der Waals surface area contributed by atoms with Gasteiger partial charge in [-0.1, -0.05) is 19.9 Å². The van der Waals surface area contributed by atoms with Crippen LogP contribution in [0.5, 0.6) is 0 Å². The summed E-state index contributed by atoms with van der Waals surface area (Å²) in [5.41, 5.74) is 10.1. The molecule has 1 aromatic carbocycles. The van der Waals surface area contributed by atoms with Crippen LogP contribution in [-0.4, -0.2) is 10.7 Å². The number of nitro groups is 1. The summed E-state index contributed by atoms with van der Waals surface area (Å²) in [6, 6.07) is 8.87. The molecule has 2 aliphatic rings. The summed E-state index contributed by atoms with van der Waals surface area (Å²) in [7, 11) is 0. The second-order valence-electron chi connectivity index (χ2n) is 9.58. The molecule has 0 bridgehead atoms. The summed E-state index contributed by atoms with van der Waals surface area (Å²) >= 11 is 1.63. The van der Waals surface area contributed by atoms with E-state index in [1.54, 1.807) is 22.3 Å². The van der Waals surface area contributed by atoms with Gasteiger partial charge in [-0.2, -0.15) is 5.26 Å². The summed E-state index contributed by atoms with van der Waals surface area (Å²) < 4.78 is 0. The maximum atomic E-state index is 13.6. The number of nitriles is 1. The molecule has 4 rings (SSSR count). The number of ketones is 1. The molecule has 1 aliphatic carbocycles. The SMILES string of the molecule is Cc1cc(C2C(C#N)=C(N)N(c3cc([N+](=O)[O-])ccc3C)C3=C2C(=O)CC(C)(C)C3)c(C)s1. The van der Waals surface area contributed by atoms with Crippen LogP contribution in [0.1, 0.15) is 53.5 Å². The van der Waals surface area contributed by atoms with Gasteiger partial charge in [-0.15, -0.1) is 11.3 Å². The summed E-state index contributed by atoms with van der Waals surface area (Å²) in [4.78, 5) is 28.5. The summed E-state index contributed by atoms with van der Waals surface area (Å²) in [6.45, 7) is 9.90. The summed E-state index contributed by atoms with van der Waals surface area (Å²) in [5.74, 6) is -0.324. The van der Waals surface area contributed by atoms with Gasteiger partial charge in [-0.25, -0.2) is 0 Å². The number of hydrogen-bond acceptors (Lipinski definition) is 7. The molecule has 2 heterocycles. The minimum atomic E-state index is -0.534. The lowest BCUT2D eigenvalue weighted by molar-refractivity contribution is -0.384. The van der Waals surface area contributed by atoms with Gasteiger partial charge in [0.15, 0.2) is 5.78 Å². The second-order valence-corrected chi connectivity index (χ2v) is 11.0. The summed E-state index contributed by atoms with van der Waals surface area (Å²) in [6.07, 6.45) is 0.930. The van der Waals surface area contributed by atoms with Crippen LogP contribution in [0.4, 0.5) is 11.4 Å². The van der Waals surface area contributed by atoms with Crippen molar-refractivity contribution in [1.82, 2.24) is 0 Å². The number of carbonyl (C=O) groups excluding carboxylic acids is 1. The molecule has 0 fully saturated rings. The molecule has 0 spiro atoms. The molecule has 8 heteroatoms. The first-order valence-corrected chi connectivity index (χ1v) is 11.5. The number of hydrogen-bond donors (Lipinski definition) is 1. The minimum Gasteiger partial charge on any atom is -0.384 e. The van der Waals surface area contributed by atoms with E-state index in [1.807, 2.05) is 40.7 Å². The zero-order chi connectivity index (χ0) is 24.2. The Hall–Kier alpha value is -3.44. The predicted molar refractivity (Wildman–Crippen MR) is 129 cm³/mol. The highest BCUT2D eigenvalue weighted by atomic mass is 32.1. The third kappa shape index (κ3) is 3.72. The molecule has 2 aromatic rings. The molecule has 1 aromatic heterocycles. The first-order chi connectivity index (χ1) is 15.4. The monoisotopic (exact) mass is 462 g/mol. The van der Waals surface area contributed by atoms with Gasteiger partial charge in [0, 0.05) is 39.6 Å². The van der Waals surface area contributed by atoms with Gasteiger partial charge in [-0.3, -0.25) is 19.8 Å². The Morgan fingerprint density at radius 2 is 1.94 bits per heavy atom. The Balaban J connectivity index is 2.05. The van der Waals surface area contributed by atoms with E-state index in [1.165, 1.54) is 12.1 Å². The lowest BCUT2D eigenvalue weighted by Gasteiger charge is -2.44. The number of carbonyl (C=O) groups is 1. The molecule has 2 N–H and O–H groups in total. The smallest absolute Gasteiger partial charge is 0.271 e. The van der Waals surface area contributed by atoms with Crippen LogP contribution < -0.4 is 10.6 Å². The molecular weight excluding hydrogens is 436 g/mol. The molecule has 0 saturated carbocycles. The van der Waals surface area contributed by atoms with Gasteiger partial charge in [0.25, 0.3) is 5.69 Å². The number of thiophene rings is 1. The lowest BCUT2D eigenvalue weighted by Crippen LogP contribution is -2.42. The van der Waals surface area contributed by atoms with Crippen molar-refractivity contribution in [2.24, 2.45) is 11.1 Å². The van der Waals surface area contributed by atoms with Gasteiger partial charge in [0.1, 0.15) is 5.82 Å². The number of non-ortho nitro benzene ring substituents is 1. The Labute approximate surface area is 197 Å². The zero-order valence-corrected chi connectivity index (χ0v) is 20.2. The van der Waals surface area contributed by atoms with E-state index in [9.17, 15) is 20.2 Å².